The van der Waals surface area contributed by atoms with E-state index in [-0.39, 0.29) is 0 Å². The summed E-state index contributed by atoms with van der Waals surface area (Å²) in [6, 6.07) is 13.0. The molecule has 0 bridgehead atoms. The molecule has 1 amide bonds. The van der Waals surface area contributed by atoms with Crippen LogP contribution < -0.4 is 10.6 Å². The van der Waals surface area contributed by atoms with Crippen molar-refractivity contribution in [3.63, 3.8) is 0 Å². The maximum absolute atomic E-state index is 14.4. The molecule has 0 saturated carbocycles. The predicted octanol–water partition coefficient (Wildman–Crippen LogP) is 3.79. The first-order valence-electron chi connectivity index (χ1n) is 9.94. The maximum Gasteiger partial charge on any atom is 0.251 e. The first kappa shape index (κ1) is 19.7. The Morgan fingerprint density at radius 3 is 2.75 bits per heavy atom. The third-order valence-electron chi connectivity index (χ3n) is 5.36. The number of imidazole rings is 1. The molecular formula is C23H19FN6O2. The van der Waals surface area contributed by atoms with E-state index >= 15 is 0 Å². The van der Waals surface area contributed by atoms with Crippen LogP contribution in [0.4, 0.5) is 10.2 Å². The number of halogens is 1. The maximum atomic E-state index is 14.4. The van der Waals surface area contributed by atoms with Crippen molar-refractivity contribution >= 4 is 34.5 Å². The molecule has 5 rings (SSSR count). The summed E-state index contributed by atoms with van der Waals surface area (Å²) in [5.74, 6) is 0.560. The number of carbonyl (C=O) groups is 1. The van der Waals surface area contributed by atoms with Gasteiger partial charge in [0.25, 0.3) is 5.71 Å². The van der Waals surface area contributed by atoms with E-state index in [1.54, 1.807) is 31.6 Å². The van der Waals surface area contributed by atoms with Gasteiger partial charge in [-0.25, -0.2) is 14.4 Å². The number of benzene rings is 2. The number of aryl methyl sites for hydroxylation is 1. The lowest BCUT2D eigenvalue weighted by Crippen LogP contribution is -2.21. The van der Waals surface area contributed by atoms with Crippen LogP contribution in [0.1, 0.15) is 17.2 Å². The highest BCUT2D eigenvalue weighted by molar-refractivity contribution is 6.03. The Morgan fingerprint density at radius 2 is 1.97 bits per heavy atom. The highest BCUT2D eigenvalue weighted by Crippen LogP contribution is 2.33. The molecule has 0 saturated heterocycles. The van der Waals surface area contributed by atoms with Gasteiger partial charge in [-0.3, -0.25) is 4.79 Å². The Hall–Kier alpha value is -4.27. The topological polar surface area (TPSA) is 97.9 Å². The first-order chi connectivity index (χ1) is 15.6. The van der Waals surface area contributed by atoms with E-state index in [1.165, 1.54) is 6.07 Å². The molecular weight excluding hydrogens is 411 g/mol. The van der Waals surface area contributed by atoms with Gasteiger partial charge in [0, 0.05) is 25.2 Å². The lowest BCUT2D eigenvalue weighted by molar-refractivity contribution is -0.110. The number of oxazole rings is 1. The van der Waals surface area contributed by atoms with Crippen molar-refractivity contribution in [1.29, 1.82) is 0 Å². The van der Waals surface area contributed by atoms with Gasteiger partial charge in [0.1, 0.15) is 16.9 Å². The van der Waals surface area contributed by atoms with E-state index in [4.69, 9.17) is 4.42 Å². The van der Waals surface area contributed by atoms with Gasteiger partial charge >= 0.3 is 0 Å². The van der Waals surface area contributed by atoms with E-state index in [1.807, 2.05) is 35.9 Å². The van der Waals surface area contributed by atoms with Crippen LogP contribution >= 0.6 is 0 Å². The highest BCUT2D eigenvalue weighted by Gasteiger charge is 2.21. The SMILES string of the molecule is CNc1nc2oc(-c3cccc(C(NC=O)c4ccccc4F)c3)nc2c2c1ncn2C. The van der Waals surface area contributed by atoms with Crippen LogP contribution in [0.25, 0.3) is 33.7 Å². The van der Waals surface area contributed by atoms with Gasteiger partial charge in [0.15, 0.2) is 11.3 Å². The van der Waals surface area contributed by atoms with Crippen LogP contribution in [0.15, 0.2) is 59.3 Å². The number of amides is 1. The van der Waals surface area contributed by atoms with Crippen LogP contribution in [0.2, 0.25) is 0 Å². The van der Waals surface area contributed by atoms with E-state index in [2.05, 4.69) is 25.6 Å². The number of hydrogen-bond donors (Lipinski definition) is 2. The van der Waals surface area contributed by atoms with Gasteiger partial charge in [-0.2, -0.15) is 4.98 Å². The molecule has 0 aliphatic heterocycles. The second-order valence-electron chi connectivity index (χ2n) is 7.30. The third kappa shape index (κ3) is 3.15. The molecule has 32 heavy (non-hydrogen) atoms. The number of carbonyl (C=O) groups excluding carboxylic acids is 1. The number of anilines is 1. The molecule has 9 heteroatoms. The molecule has 1 atom stereocenters. The van der Waals surface area contributed by atoms with Crippen molar-refractivity contribution in [2.45, 2.75) is 6.04 Å². The van der Waals surface area contributed by atoms with E-state index in [0.29, 0.717) is 51.6 Å². The Labute approximate surface area is 182 Å². The monoisotopic (exact) mass is 430 g/mol. The van der Waals surface area contributed by atoms with Crippen LogP contribution in [-0.4, -0.2) is 33.0 Å². The van der Waals surface area contributed by atoms with Crippen LogP contribution in [-0.2, 0) is 11.8 Å². The standard InChI is InChI=1S/C23H19FN6O2/c1-25-21-18-20(30(2)11-26-18)19-23(29-21)32-22(28-19)14-7-5-6-13(10-14)17(27-12-31)15-8-3-4-9-16(15)24/h3-12,17H,1-2H3,(H,25,29)(H,27,31). The predicted molar refractivity (Wildman–Crippen MR) is 119 cm³/mol. The molecule has 0 spiro atoms. The number of nitrogens with one attached hydrogen (secondary N) is 2. The number of pyridine rings is 1. The minimum Gasteiger partial charge on any atom is -0.418 e. The fourth-order valence-corrected chi connectivity index (χ4v) is 3.87. The average molecular weight is 430 g/mol. The summed E-state index contributed by atoms with van der Waals surface area (Å²) in [5.41, 5.74) is 4.21. The minimum atomic E-state index is -0.657. The number of hydrogen-bond acceptors (Lipinski definition) is 6. The summed E-state index contributed by atoms with van der Waals surface area (Å²) in [6.07, 6.45) is 2.26. The number of nitrogens with zero attached hydrogens (tertiary/aromatic N) is 4. The molecule has 3 aromatic heterocycles. The van der Waals surface area contributed by atoms with E-state index in [0.717, 1.165) is 5.52 Å². The summed E-state index contributed by atoms with van der Waals surface area (Å²) in [5, 5.41) is 5.74. The Bertz CT molecular complexity index is 1460. The summed E-state index contributed by atoms with van der Waals surface area (Å²) < 4.78 is 22.3. The minimum absolute atomic E-state index is 0.364. The highest BCUT2D eigenvalue weighted by atomic mass is 19.1. The fourth-order valence-electron chi connectivity index (χ4n) is 3.87. The molecule has 2 aromatic carbocycles. The smallest absolute Gasteiger partial charge is 0.251 e. The molecule has 0 fully saturated rings. The zero-order chi connectivity index (χ0) is 22.2. The Morgan fingerprint density at radius 1 is 1.12 bits per heavy atom. The Kier molecular flexibility index (Phi) is 4.78. The van der Waals surface area contributed by atoms with Gasteiger partial charge in [0.2, 0.25) is 12.3 Å². The van der Waals surface area contributed by atoms with Gasteiger partial charge in [-0.15, -0.1) is 0 Å². The molecule has 5 aromatic rings. The second kappa shape index (κ2) is 7.77. The first-order valence-corrected chi connectivity index (χ1v) is 9.94. The lowest BCUT2D eigenvalue weighted by Gasteiger charge is -2.18. The van der Waals surface area contributed by atoms with Crippen molar-refractivity contribution < 1.29 is 13.6 Å². The molecule has 2 N–H and O–H groups in total. The molecule has 160 valence electrons. The van der Waals surface area contributed by atoms with Crippen molar-refractivity contribution in [2.75, 3.05) is 12.4 Å². The zero-order valence-corrected chi connectivity index (χ0v) is 17.3. The average Bonchev–Trinajstić information content (AvgIpc) is 3.41. The molecule has 0 aliphatic carbocycles. The molecule has 1 unspecified atom stereocenters. The number of fused-ring (bicyclic) bond motifs is 3. The van der Waals surface area contributed by atoms with Gasteiger partial charge in [-0.1, -0.05) is 30.3 Å². The third-order valence-corrected chi connectivity index (χ3v) is 5.36. The fraction of sp³-hybridized carbons (Fsp3) is 0.130. The molecule has 0 aliphatic rings. The summed E-state index contributed by atoms with van der Waals surface area (Å²) in [6.45, 7) is 0. The quantitative estimate of drug-likeness (QED) is 0.398. The normalized spacial score (nSPS) is 12.2. The molecule has 0 radical (unpaired) electrons. The van der Waals surface area contributed by atoms with Crippen LogP contribution in [0, 0.1) is 5.82 Å². The van der Waals surface area contributed by atoms with Gasteiger partial charge in [0.05, 0.1) is 12.4 Å². The van der Waals surface area contributed by atoms with E-state index < -0.39 is 11.9 Å². The summed E-state index contributed by atoms with van der Waals surface area (Å²) in [4.78, 5) is 24.8. The number of aromatic nitrogens is 4. The van der Waals surface area contributed by atoms with Gasteiger partial charge < -0.3 is 19.6 Å². The largest absolute Gasteiger partial charge is 0.418 e. The van der Waals surface area contributed by atoms with Crippen molar-refractivity contribution in [3.05, 3.63) is 71.8 Å². The van der Waals surface area contributed by atoms with Crippen molar-refractivity contribution in [2.24, 2.45) is 7.05 Å². The zero-order valence-electron chi connectivity index (χ0n) is 17.3. The van der Waals surface area contributed by atoms with Gasteiger partial charge in [-0.05, 0) is 23.8 Å². The van der Waals surface area contributed by atoms with Crippen molar-refractivity contribution in [1.82, 2.24) is 24.8 Å². The summed E-state index contributed by atoms with van der Waals surface area (Å²) in [7, 11) is 3.65. The number of rotatable bonds is 6. The van der Waals surface area contributed by atoms with Crippen LogP contribution in [0.5, 0.6) is 0 Å². The second-order valence-corrected chi connectivity index (χ2v) is 7.30. The van der Waals surface area contributed by atoms with E-state index in [9.17, 15) is 9.18 Å². The summed E-state index contributed by atoms with van der Waals surface area (Å²) >= 11 is 0. The van der Waals surface area contributed by atoms with Crippen molar-refractivity contribution in [3.8, 4) is 11.5 Å². The molecule has 8 nitrogen and oxygen atoms in total. The molecule has 3 heterocycles. The lowest BCUT2D eigenvalue weighted by atomic mass is 9.97. The van der Waals surface area contributed by atoms with Crippen LogP contribution in [0.3, 0.4) is 0 Å². The Balaban J connectivity index is 1.64.